The lowest BCUT2D eigenvalue weighted by molar-refractivity contribution is 0.0481. The minimum atomic E-state index is -0.713. The van der Waals surface area contributed by atoms with E-state index in [1.807, 2.05) is 4.90 Å². The third-order valence-electron chi connectivity index (χ3n) is 3.91. The van der Waals surface area contributed by atoms with Gasteiger partial charge >= 0.3 is 5.69 Å². The number of aromatic amines is 1. The predicted octanol–water partition coefficient (Wildman–Crippen LogP) is -0.120. The van der Waals surface area contributed by atoms with Gasteiger partial charge in [-0.1, -0.05) is 0 Å². The topological polar surface area (TPSA) is 104 Å². The number of anilines is 2. The van der Waals surface area contributed by atoms with Crippen LogP contribution in [0.15, 0.2) is 9.59 Å². The third-order valence-corrected chi connectivity index (χ3v) is 3.91. The molecule has 1 aliphatic heterocycles. The monoisotopic (exact) mass is 282 g/mol. The molecule has 1 unspecified atom stereocenters. The van der Waals surface area contributed by atoms with Crippen molar-refractivity contribution in [1.82, 2.24) is 9.55 Å². The first-order valence-electron chi connectivity index (χ1n) is 6.95. The van der Waals surface area contributed by atoms with Gasteiger partial charge in [0.15, 0.2) is 0 Å². The van der Waals surface area contributed by atoms with Crippen LogP contribution in [0.4, 0.5) is 11.5 Å². The van der Waals surface area contributed by atoms with Gasteiger partial charge in [-0.25, -0.2) is 4.79 Å². The summed E-state index contributed by atoms with van der Waals surface area (Å²) in [5.74, 6) is 0.197. The first-order chi connectivity index (χ1) is 9.35. The van der Waals surface area contributed by atoms with E-state index in [9.17, 15) is 14.7 Å². The van der Waals surface area contributed by atoms with Gasteiger partial charge in [0.25, 0.3) is 5.56 Å². The minimum absolute atomic E-state index is 0.197. The van der Waals surface area contributed by atoms with Crippen molar-refractivity contribution in [2.45, 2.75) is 45.3 Å². The number of nitrogens with two attached hydrogens (primary N) is 1. The molecule has 1 aromatic heterocycles. The Hall–Kier alpha value is -1.76. The van der Waals surface area contributed by atoms with Crippen molar-refractivity contribution in [3.8, 4) is 0 Å². The Morgan fingerprint density at radius 2 is 2.05 bits per heavy atom. The number of hydrogen-bond acceptors (Lipinski definition) is 5. The summed E-state index contributed by atoms with van der Waals surface area (Å²) in [7, 11) is 0. The second kappa shape index (κ2) is 5.32. The number of aromatic nitrogens is 2. The van der Waals surface area contributed by atoms with Crippen molar-refractivity contribution in [3.63, 3.8) is 0 Å². The maximum Gasteiger partial charge on any atom is 0.330 e. The molecular formula is C13H22N4O3. The minimum Gasteiger partial charge on any atom is -0.390 e. The van der Waals surface area contributed by atoms with Gasteiger partial charge in [-0.3, -0.25) is 14.3 Å². The molecule has 1 saturated heterocycles. The summed E-state index contributed by atoms with van der Waals surface area (Å²) < 4.78 is 1.35. The molecule has 4 N–H and O–H groups in total. The van der Waals surface area contributed by atoms with E-state index in [0.717, 1.165) is 6.42 Å². The van der Waals surface area contributed by atoms with Crippen molar-refractivity contribution < 1.29 is 5.11 Å². The fraction of sp³-hybridized carbons (Fsp3) is 0.692. The molecule has 1 atom stereocenters. The van der Waals surface area contributed by atoms with Gasteiger partial charge in [0, 0.05) is 19.6 Å². The van der Waals surface area contributed by atoms with Crippen molar-refractivity contribution >= 4 is 11.5 Å². The van der Waals surface area contributed by atoms with E-state index in [-0.39, 0.29) is 5.82 Å². The first-order valence-corrected chi connectivity index (χ1v) is 6.95. The lowest BCUT2D eigenvalue weighted by atomic mass is 9.98. The van der Waals surface area contributed by atoms with Gasteiger partial charge in [-0.15, -0.1) is 0 Å². The van der Waals surface area contributed by atoms with Gasteiger partial charge in [-0.05, 0) is 33.1 Å². The molecule has 0 radical (unpaired) electrons. The molecule has 0 aliphatic carbocycles. The molecule has 0 bridgehead atoms. The Morgan fingerprint density at radius 1 is 1.35 bits per heavy atom. The Labute approximate surface area is 117 Å². The standard InChI is InChI=1S/C13H22N4O3/c1-3-17-10(14)9(11(18)15-12(17)19)16-7-4-5-13(2,20)6-8-16/h20H,3-8,14H2,1-2H3,(H,15,18,19). The molecule has 0 spiro atoms. The summed E-state index contributed by atoms with van der Waals surface area (Å²) in [4.78, 5) is 27.9. The van der Waals surface area contributed by atoms with Crippen LogP contribution in [0, 0.1) is 0 Å². The largest absolute Gasteiger partial charge is 0.390 e. The van der Waals surface area contributed by atoms with Crippen LogP contribution in [-0.2, 0) is 6.54 Å². The SMILES string of the molecule is CCn1c(N)c(N2CCCC(C)(O)CC2)c(=O)[nH]c1=O. The number of nitrogens with zero attached hydrogens (tertiary/aromatic N) is 2. The van der Waals surface area contributed by atoms with E-state index >= 15 is 0 Å². The van der Waals surface area contributed by atoms with E-state index in [1.165, 1.54) is 4.57 Å². The average molecular weight is 282 g/mol. The van der Waals surface area contributed by atoms with Crippen LogP contribution in [0.5, 0.6) is 0 Å². The summed E-state index contributed by atoms with van der Waals surface area (Å²) in [5, 5.41) is 10.1. The van der Waals surface area contributed by atoms with Crippen LogP contribution in [0.25, 0.3) is 0 Å². The van der Waals surface area contributed by atoms with Gasteiger partial charge in [-0.2, -0.15) is 0 Å². The maximum atomic E-state index is 12.0. The smallest absolute Gasteiger partial charge is 0.330 e. The van der Waals surface area contributed by atoms with Gasteiger partial charge in [0.1, 0.15) is 11.5 Å². The number of nitrogens with one attached hydrogen (secondary N) is 1. The fourth-order valence-electron chi connectivity index (χ4n) is 2.68. The Bertz CT molecular complexity index is 603. The zero-order valence-corrected chi connectivity index (χ0v) is 12.0. The second-order valence-electron chi connectivity index (χ2n) is 5.57. The predicted molar refractivity (Wildman–Crippen MR) is 78.1 cm³/mol. The molecule has 112 valence electrons. The zero-order valence-electron chi connectivity index (χ0n) is 12.0. The van der Waals surface area contributed by atoms with Crippen molar-refractivity contribution in [2.24, 2.45) is 0 Å². The van der Waals surface area contributed by atoms with Crippen LogP contribution < -0.4 is 21.9 Å². The molecule has 0 amide bonds. The van der Waals surface area contributed by atoms with Gasteiger partial charge < -0.3 is 15.7 Å². The molecule has 0 saturated carbocycles. The van der Waals surface area contributed by atoms with Crippen molar-refractivity contribution in [2.75, 3.05) is 23.7 Å². The summed E-state index contributed by atoms with van der Waals surface area (Å²) in [6.45, 7) is 5.19. The number of rotatable bonds is 2. The number of hydrogen-bond donors (Lipinski definition) is 3. The van der Waals surface area contributed by atoms with Gasteiger partial charge in [0.2, 0.25) is 0 Å². The number of aliphatic hydroxyl groups is 1. The highest BCUT2D eigenvalue weighted by Gasteiger charge is 2.27. The summed E-state index contributed by atoms with van der Waals surface area (Å²) in [5.41, 5.74) is 4.66. The summed E-state index contributed by atoms with van der Waals surface area (Å²) in [6.07, 6.45) is 2.03. The number of nitrogen functional groups attached to an aromatic ring is 1. The van der Waals surface area contributed by atoms with Gasteiger partial charge in [0.05, 0.1) is 5.60 Å². The number of H-pyrrole nitrogens is 1. The van der Waals surface area contributed by atoms with E-state index in [2.05, 4.69) is 4.98 Å². The highest BCUT2D eigenvalue weighted by atomic mass is 16.3. The molecule has 2 rings (SSSR count). The van der Waals surface area contributed by atoms with Crippen LogP contribution in [0.3, 0.4) is 0 Å². The van der Waals surface area contributed by atoms with E-state index in [0.29, 0.717) is 38.2 Å². The molecule has 1 fully saturated rings. The Balaban J connectivity index is 2.43. The average Bonchev–Trinajstić information content (AvgIpc) is 2.51. The molecule has 7 nitrogen and oxygen atoms in total. The maximum absolute atomic E-state index is 12.0. The molecular weight excluding hydrogens is 260 g/mol. The van der Waals surface area contributed by atoms with Crippen LogP contribution in [-0.4, -0.2) is 33.3 Å². The summed E-state index contributed by atoms with van der Waals surface area (Å²) in [6, 6.07) is 0. The van der Waals surface area contributed by atoms with Crippen LogP contribution >= 0.6 is 0 Å². The molecule has 20 heavy (non-hydrogen) atoms. The third kappa shape index (κ3) is 2.72. The zero-order chi connectivity index (χ0) is 14.9. The Morgan fingerprint density at radius 3 is 2.70 bits per heavy atom. The highest BCUT2D eigenvalue weighted by molar-refractivity contribution is 5.62. The second-order valence-corrected chi connectivity index (χ2v) is 5.57. The van der Waals surface area contributed by atoms with E-state index in [1.54, 1.807) is 13.8 Å². The van der Waals surface area contributed by atoms with Crippen LogP contribution in [0.2, 0.25) is 0 Å². The van der Waals surface area contributed by atoms with Crippen LogP contribution in [0.1, 0.15) is 33.1 Å². The molecule has 0 aromatic carbocycles. The lowest BCUT2D eigenvalue weighted by Gasteiger charge is -2.25. The first kappa shape index (κ1) is 14.6. The van der Waals surface area contributed by atoms with Crippen molar-refractivity contribution in [3.05, 3.63) is 20.8 Å². The quantitative estimate of drug-likeness (QED) is 0.701. The summed E-state index contributed by atoms with van der Waals surface area (Å²) >= 11 is 0. The lowest BCUT2D eigenvalue weighted by Crippen LogP contribution is -2.39. The molecule has 1 aromatic rings. The fourth-order valence-corrected chi connectivity index (χ4v) is 2.68. The Kier molecular flexibility index (Phi) is 3.89. The molecule has 2 heterocycles. The highest BCUT2D eigenvalue weighted by Crippen LogP contribution is 2.25. The van der Waals surface area contributed by atoms with E-state index < -0.39 is 16.9 Å². The van der Waals surface area contributed by atoms with Crippen molar-refractivity contribution in [1.29, 1.82) is 0 Å². The molecule has 1 aliphatic rings. The molecule has 7 heteroatoms. The normalized spacial score (nSPS) is 23.6. The van der Waals surface area contributed by atoms with E-state index in [4.69, 9.17) is 5.73 Å².